The van der Waals surface area contributed by atoms with Gasteiger partial charge in [-0.1, -0.05) is 18.2 Å². The number of benzene rings is 2. The van der Waals surface area contributed by atoms with Gasteiger partial charge in [-0.25, -0.2) is 4.79 Å². The van der Waals surface area contributed by atoms with Crippen LogP contribution in [-0.4, -0.2) is 31.9 Å². The van der Waals surface area contributed by atoms with Gasteiger partial charge in [-0.3, -0.25) is 0 Å². The Kier molecular flexibility index (Phi) is 5.63. The van der Waals surface area contributed by atoms with Gasteiger partial charge in [0.1, 0.15) is 23.9 Å². The first-order valence-electron chi connectivity index (χ1n) is 6.97. The Morgan fingerprint density at radius 2 is 1.65 bits per heavy atom. The first kappa shape index (κ1) is 16.4. The third-order valence-corrected chi connectivity index (χ3v) is 3.17. The molecule has 0 heterocycles. The molecule has 2 aromatic carbocycles. The van der Waals surface area contributed by atoms with E-state index in [0.717, 1.165) is 5.56 Å². The van der Waals surface area contributed by atoms with Crippen molar-refractivity contribution >= 4 is 12.0 Å². The summed E-state index contributed by atoms with van der Waals surface area (Å²) in [6, 6.07) is 14.1. The summed E-state index contributed by atoms with van der Waals surface area (Å²) in [7, 11) is 3.14. The van der Waals surface area contributed by atoms with E-state index in [1.165, 1.54) is 0 Å². The van der Waals surface area contributed by atoms with E-state index >= 15 is 0 Å². The Bertz CT molecular complexity index is 689. The minimum atomic E-state index is -1.02. The van der Waals surface area contributed by atoms with Crippen LogP contribution in [0.15, 0.2) is 54.1 Å². The van der Waals surface area contributed by atoms with E-state index in [2.05, 4.69) is 0 Å². The molecule has 0 unspecified atom stereocenters. The molecule has 5 heteroatoms. The fraction of sp³-hybridized carbons (Fsp3) is 0.167. The molecule has 0 spiro atoms. The van der Waals surface area contributed by atoms with Crippen molar-refractivity contribution in [2.75, 3.05) is 20.8 Å². The fourth-order valence-corrected chi connectivity index (χ4v) is 1.92. The van der Waals surface area contributed by atoms with Gasteiger partial charge < -0.3 is 19.3 Å². The van der Waals surface area contributed by atoms with E-state index in [4.69, 9.17) is 14.2 Å². The summed E-state index contributed by atoms with van der Waals surface area (Å²) < 4.78 is 15.7. The molecular weight excluding hydrogens is 296 g/mol. The first-order chi connectivity index (χ1) is 11.1. The molecule has 2 rings (SSSR count). The van der Waals surface area contributed by atoms with Gasteiger partial charge in [-0.2, -0.15) is 0 Å². The highest BCUT2D eigenvalue weighted by Crippen LogP contribution is 2.20. The Morgan fingerprint density at radius 1 is 1.00 bits per heavy atom. The molecule has 0 aliphatic carbocycles. The fourth-order valence-electron chi connectivity index (χ4n) is 1.92. The van der Waals surface area contributed by atoms with E-state index in [0.29, 0.717) is 17.2 Å². The second-order valence-corrected chi connectivity index (χ2v) is 4.72. The SMILES string of the molecule is COc1ccc(/C=C(\COc2cccc(OC)c2)C(=O)O)cc1. The van der Waals surface area contributed by atoms with Crippen LogP contribution in [0.25, 0.3) is 6.08 Å². The number of carboxylic acids is 1. The Balaban J connectivity index is 2.11. The predicted octanol–water partition coefficient (Wildman–Crippen LogP) is 3.25. The molecule has 0 saturated heterocycles. The number of rotatable bonds is 7. The maximum atomic E-state index is 11.4. The number of carboxylic acid groups (broad SMARTS) is 1. The zero-order valence-corrected chi connectivity index (χ0v) is 13.0. The molecule has 0 aliphatic rings. The average Bonchev–Trinajstić information content (AvgIpc) is 2.59. The van der Waals surface area contributed by atoms with Gasteiger partial charge in [-0.15, -0.1) is 0 Å². The van der Waals surface area contributed by atoms with Crippen molar-refractivity contribution in [1.29, 1.82) is 0 Å². The Hall–Kier alpha value is -2.95. The third-order valence-electron chi connectivity index (χ3n) is 3.17. The van der Waals surface area contributed by atoms with Crippen LogP contribution in [0.5, 0.6) is 17.2 Å². The summed E-state index contributed by atoms with van der Waals surface area (Å²) >= 11 is 0. The summed E-state index contributed by atoms with van der Waals surface area (Å²) in [5, 5.41) is 9.32. The minimum absolute atomic E-state index is 0.0471. The molecule has 0 atom stereocenters. The smallest absolute Gasteiger partial charge is 0.335 e. The van der Waals surface area contributed by atoms with Crippen LogP contribution in [-0.2, 0) is 4.79 Å². The zero-order valence-electron chi connectivity index (χ0n) is 13.0. The maximum absolute atomic E-state index is 11.4. The molecule has 1 N–H and O–H groups in total. The van der Waals surface area contributed by atoms with Crippen LogP contribution in [0.4, 0.5) is 0 Å². The highest BCUT2D eigenvalue weighted by atomic mass is 16.5. The molecule has 120 valence electrons. The average molecular weight is 314 g/mol. The van der Waals surface area contributed by atoms with E-state index in [1.807, 2.05) is 0 Å². The van der Waals surface area contributed by atoms with E-state index < -0.39 is 5.97 Å². The van der Waals surface area contributed by atoms with E-state index in [1.54, 1.807) is 68.8 Å². The topological polar surface area (TPSA) is 65.0 Å². The van der Waals surface area contributed by atoms with Gasteiger partial charge in [0.25, 0.3) is 0 Å². The molecule has 0 saturated carbocycles. The lowest BCUT2D eigenvalue weighted by Crippen LogP contribution is -2.10. The van der Waals surface area contributed by atoms with Crippen molar-refractivity contribution in [3.8, 4) is 17.2 Å². The highest BCUT2D eigenvalue weighted by molar-refractivity contribution is 5.92. The summed E-state index contributed by atoms with van der Waals surface area (Å²) in [5.41, 5.74) is 0.912. The number of carbonyl (C=O) groups is 1. The number of aliphatic carboxylic acids is 1. The molecule has 0 fully saturated rings. The van der Waals surface area contributed by atoms with Crippen LogP contribution >= 0.6 is 0 Å². The zero-order chi connectivity index (χ0) is 16.7. The van der Waals surface area contributed by atoms with Crippen molar-refractivity contribution in [3.05, 3.63) is 59.7 Å². The van der Waals surface area contributed by atoms with Crippen LogP contribution in [0.2, 0.25) is 0 Å². The maximum Gasteiger partial charge on any atom is 0.335 e. The summed E-state index contributed by atoms with van der Waals surface area (Å²) in [6.07, 6.45) is 1.57. The molecule has 0 aromatic heterocycles. The van der Waals surface area contributed by atoms with Gasteiger partial charge in [0, 0.05) is 6.07 Å². The van der Waals surface area contributed by atoms with Gasteiger partial charge in [0.05, 0.1) is 19.8 Å². The van der Waals surface area contributed by atoms with Gasteiger partial charge >= 0.3 is 5.97 Å². The Labute approximate surface area is 134 Å². The lowest BCUT2D eigenvalue weighted by atomic mass is 10.1. The molecule has 2 aromatic rings. The summed E-state index contributed by atoms with van der Waals surface area (Å²) in [6.45, 7) is -0.0471. The monoisotopic (exact) mass is 314 g/mol. The van der Waals surface area contributed by atoms with E-state index in [9.17, 15) is 9.90 Å². The predicted molar refractivity (Wildman–Crippen MR) is 87.1 cm³/mol. The van der Waals surface area contributed by atoms with Gasteiger partial charge in [0.2, 0.25) is 0 Å². The number of ether oxygens (including phenoxy) is 3. The normalized spacial score (nSPS) is 11.0. The second kappa shape index (κ2) is 7.89. The molecule has 0 bridgehead atoms. The molecular formula is C18H18O5. The molecule has 23 heavy (non-hydrogen) atoms. The van der Waals surface area contributed by atoms with Crippen LogP contribution in [0.1, 0.15) is 5.56 Å². The van der Waals surface area contributed by atoms with Crippen LogP contribution in [0, 0.1) is 0 Å². The molecule has 0 amide bonds. The number of hydrogen-bond acceptors (Lipinski definition) is 4. The number of hydrogen-bond donors (Lipinski definition) is 1. The van der Waals surface area contributed by atoms with Crippen molar-refractivity contribution in [2.24, 2.45) is 0 Å². The Morgan fingerprint density at radius 3 is 2.26 bits per heavy atom. The van der Waals surface area contributed by atoms with E-state index in [-0.39, 0.29) is 12.2 Å². The largest absolute Gasteiger partial charge is 0.497 e. The summed E-state index contributed by atoms with van der Waals surface area (Å²) in [4.78, 5) is 11.4. The third kappa shape index (κ3) is 4.78. The van der Waals surface area contributed by atoms with Gasteiger partial charge in [0.15, 0.2) is 0 Å². The molecule has 0 aliphatic heterocycles. The molecule has 0 radical (unpaired) electrons. The lowest BCUT2D eigenvalue weighted by Gasteiger charge is -2.08. The number of methoxy groups -OCH3 is 2. The minimum Gasteiger partial charge on any atom is -0.497 e. The highest BCUT2D eigenvalue weighted by Gasteiger charge is 2.09. The lowest BCUT2D eigenvalue weighted by molar-refractivity contribution is -0.132. The summed E-state index contributed by atoms with van der Waals surface area (Å²) in [5.74, 6) is 0.889. The second-order valence-electron chi connectivity index (χ2n) is 4.72. The quantitative estimate of drug-likeness (QED) is 0.795. The van der Waals surface area contributed by atoms with Gasteiger partial charge in [-0.05, 0) is 35.9 Å². The van der Waals surface area contributed by atoms with Crippen molar-refractivity contribution < 1.29 is 24.1 Å². The van der Waals surface area contributed by atoms with Crippen molar-refractivity contribution in [1.82, 2.24) is 0 Å². The first-order valence-corrected chi connectivity index (χ1v) is 6.97. The van der Waals surface area contributed by atoms with Crippen LogP contribution < -0.4 is 14.2 Å². The molecule has 5 nitrogen and oxygen atoms in total. The van der Waals surface area contributed by atoms with Crippen molar-refractivity contribution in [3.63, 3.8) is 0 Å². The van der Waals surface area contributed by atoms with Crippen LogP contribution in [0.3, 0.4) is 0 Å². The standard InChI is InChI=1S/C18H18O5/c1-21-15-8-6-13(7-9-15)10-14(18(19)20)12-23-17-5-3-4-16(11-17)22-2/h3-11H,12H2,1-2H3,(H,19,20)/b14-10+. The van der Waals surface area contributed by atoms with Crippen molar-refractivity contribution in [2.45, 2.75) is 0 Å².